The van der Waals surface area contributed by atoms with Crippen molar-refractivity contribution < 1.29 is 14.3 Å². The Morgan fingerprint density at radius 1 is 1.44 bits per heavy atom. The van der Waals surface area contributed by atoms with Crippen LogP contribution in [-0.4, -0.2) is 22.5 Å². The van der Waals surface area contributed by atoms with Crippen LogP contribution in [0.4, 0.5) is 4.79 Å². The summed E-state index contributed by atoms with van der Waals surface area (Å²) in [5.41, 5.74) is 0.237. The summed E-state index contributed by atoms with van der Waals surface area (Å²) >= 11 is 1.42. The lowest BCUT2D eigenvalue weighted by Gasteiger charge is -2.19. The third kappa shape index (κ3) is 5.77. The molecule has 0 aliphatic carbocycles. The maximum absolute atomic E-state index is 11.4. The summed E-state index contributed by atoms with van der Waals surface area (Å²) in [6, 6.07) is 0. The molecular formula is C12H18N2O3S. The number of aromatic nitrogens is 1. The predicted molar refractivity (Wildman–Crippen MR) is 69.6 cm³/mol. The van der Waals surface area contributed by atoms with Crippen LogP contribution in [0.1, 0.15) is 38.4 Å². The molecule has 0 saturated heterocycles. The molecule has 100 valence electrons. The zero-order valence-electron chi connectivity index (χ0n) is 11.1. The van der Waals surface area contributed by atoms with Crippen molar-refractivity contribution in [1.29, 1.82) is 0 Å². The fraction of sp³-hybridized carbons (Fsp3) is 0.583. The molecule has 0 fully saturated rings. The van der Waals surface area contributed by atoms with Crippen LogP contribution in [0, 0.1) is 0 Å². The zero-order chi connectivity index (χ0) is 13.8. The third-order valence-corrected chi connectivity index (χ3v) is 2.71. The van der Waals surface area contributed by atoms with Crippen LogP contribution in [0.2, 0.25) is 0 Å². The van der Waals surface area contributed by atoms with Gasteiger partial charge in [-0.05, 0) is 27.7 Å². The van der Waals surface area contributed by atoms with Crippen LogP contribution in [0.25, 0.3) is 0 Å². The van der Waals surface area contributed by atoms with Gasteiger partial charge in [0.2, 0.25) is 0 Å². The van der Waals surface area contributed by atoms with E-state index >= 15 is 0 Å². The van der Waals surface area contributed by atoms with Crippen LogP contribution in [0.15, 0.2) is 5.38 Å². The van der Waals surface area contributed by atoms with Gasteiger partial charge in [-0.1, -0.05) is 0 Å². The molecule has 0 radical (unpaired) electrons. The Morgan fingerprint density at radius 3 is 2.67 bits per heavy atom. The molecule has 6 heteroatoms. The number of hydrogen-bond acceptors (Lipinski definition) is 5. The number of Topliss-reactive ketones (excluding diaryl/α,β-unsaturated/α-hetero) is 1. The summed E-state index contributed by atoms with van der Waals surface area (Å²) in [5, 5.41) is 5.21. The van der Waals surface area contributed by atoms with Crippen LogP contribution in [0.5, 0.6) is 0 Å². The number of alkyl carbamates (subject to hydrolysis) is 1. The summed E-state index contributed by atoms with van der Waals surface area (Å²) in [7, 11) is 0. The Labute approximate surface area is 111 Å². The van der Waals surface area contributed by atoms with Crippen LogP contribution in [-0.2, 0) is 22.5 Å². The minimum Gasteiger partial charge on any atom is -0.444 e. The summed E-state index contributed by atoms with van der Waals surface area (Å²) in [6.45, 7) is 7.26. The molecular weight excluding hydrogens is 252 g/mol. The first-order valence-electron chi connectivity index (χ1n) is 5.66. The van der Waals surface area contributed by atoms with Crippen molar-refractivity contribution in [2.24, 2.45) is 0 Å². The van der Waals surface area contributed by atoms with E-state index in [9.17, 15) is 9.59 Å². The topological polar surface area (TPSA) is 68.3 Å². The summed E-state index contributed by atoms with van der Waals surface area (Å²) in [5.74, 6) is 0.0759. The molecule has 0 bridgehead atoms. The van der Waals surface area contributed by atoms with Gasteiger partial charge >= 0.3 is 6.09 Å². The number of hydrogen-bond donors (Lipinski definition) is 1. The quantitative estimate of drug-likeness (QED) is 0.911. The third-order valence-electron chi connectivity index (χ3n) is 1.81. The van der Waals surface area contributed by atoms with Gasteiger partial charge in [0.1, 0.15) is 16.4 Å². The number of rotatable bonds is 4. The van der Waals surface area contributed by atoms with E-state index in [1.165, 1.54) is 18.3 Å². The van der Waals surface area contributed by atoms with Crippen LogP contribution < -0.4 is 5.32 Å². The van der Waals surface area contributed by atoms with Gasteiger partial charge in [-0.2, -0.15) is 0 Å². The smallest absolute Gasteiger partial charge is 0.408 e. The summed E-state index contributed by atoms with van der Waals surface area (Å²) in [6.07, 6.45) is -0.131. The number of carbonyl (C=O) groups excluding carboxylic acids is 2. The van der Waals surface area contributed by atoms with Crippen molar-refractivity contribution in [3.8, 4) is 0 Å². The van der Waals surface area contributed by atoms with Crippen molar-refractivity contribution in [1.82, 2.24) is 10.3 Å². The lowest BCUT2D eigenvalue weighted by atomic mass is 10.2. The molecule has 1 rings (SSSR count). The molecule has 1 heterocycles. The highest BCUT2D eigenvalue weighted by molar-refractivity contribution is 7.09. The van der Waals surface area contributed by atoms with Crippen LogP contribution in [0.3, 0.4) is 0 Å². The normalized spacial score (nSPS) is 11.1. The highest BCUT2D eigenvalue weighted by atomic mass is 32.1. The molecule has 0 spiro atoms. The molecule has 1 amide bonds. The Morgan fingerprint density at radius 2 is 2.11 bits per heavy atom. The molecule has 0 aliphatic rings. The first kappa shape index (κ1) is 14.6. The van der Waals surface area contributed by atoms with E-state index in [2.05, 4.69) is 10.3 Å². The Kier molecular flexibility index (Phi) is 4.84. The van der Waals surface area contributed by atoms with Crippen LogP contribution >= 0.6 is 11.3 Å². The van der Waals surface area contributed by atoms with Crippen molar-refractivity contribution in [2.45, 2.75) is 46.3 Å². The minimum absolute atomic E-state index is 0.0759. The van der Waals surface area contributed by atoms with E-state index in [4.69, 9.17) is 4.74 Å². The average molecular weight is 270 g/mol. The molecule has 0 aliphatic heterocycles. The second-order valence-corrected chi connectivity index (χ2v) is 5.91. The zero-order valence-corrected chi connectivity index (χ0v) is 11.9. The molecule has 1 aromatic rings. The molecule has 0 aromatic carbocycles. The van der Waals surface area contributed by atoms with E-state index in [1.54, 1.807) is 20.8 Å². The highest BCUT2D eigenvalue weighted by Crippen LogP contribution is 2.11. The number of nitrogens with zero attached hydrogens (tertiary/aromatic N) is 1. The van der Waals surface area contributed by atoms with Gasteiger partial charge in [-0.15, -0.1) is 11.3 Å². The number of thiazole rings is 1. The SMILES string of the molecule is CC(=O)Cc1csc(CNC(=O)OC(C)(C)C)n1. The first-order chi connectivity index (χ1) is 8.26. The molecule has 0 unspecified atom stereocenters. The van der Waals surface area contributed by atoms with Gasteiger partial charge in [-0.25, -0.2) is 9.78 Å². The molecule has 5 nitrogen and oxygen atoms in total. The van der Waals surface area contributed by atoms with Gasteiger partial charge in [0, 0.05) is 11.8 Å². The summed E-state index contributed by atoms with van der Waals surface area (Å²) in [4.78, 5) is 26.6. The molecule has 0 saturated carbocycles. The van der Waals surface area contributed by atoms with E-state index < -0.39 is 11.7 Å². The van der Waals surface area contributed by atoms with E-state index in [-0.39, 0.29) is 5.78 Å². The lowest BCUT2D eigenvalue weighted by Crippen LogP contribution is -2.32. The second kappa shape index (κ2) is 5.95. The number of carbonyl (C=O) groups is 2. The van der Waals surface area contributed by atoms with Gasteiger partial charge in [-0.3, -0.25) is 4.79 Å². The number of ketones is 1. The van der Waals surface area contributed by atoms with Crippen molar-refractivity contribution >= 4 is 23.2 Å². The second-order valence-electron chi connectivity index (χ2n) is 4.97. The standard InChI is InChI=1S/C12H18N2O3S/c1-8(15)5-9-7-18-10(14-9)6-13-11(16)17-12(2,3)4/h7H,5-6H2,1-4H3,(H,13,16). The van der Waals surface area contributed by atoms with Crippen molar-refractivity contribution in [2.75, 3.05) is 0 Å². The predicted octanol–water partition coefficient (Wildman–Crippen LogP) is 2.30. The van der Waals surface area contributed by atoms with E-state index in [0.717, 1.165) is 10.7 Å². The Bertz CT molecular complexity index is 435. The van der Waals surface area contributed by atoms with Gasteiger partial charge in [0.05, 0.1) is 12.2 Å². The van der Waals surface area contributed by atoms with E-state index in [1.807, 2.05) is 5.38 Å². The van der Waals surface area contributed by atoms with Gasteiger partial charge in [0.15, 0.2) is 0 Å². The maximum Gasteiger partial charge on any atom is 0.408 e. The minimum atomic E-state index is -0.507. The average Bonchev–Trinajstić information content (AvgIpc) is 2.59. The molecule has 1 N–H and O–H groups in total. The van der Waals surface area contributed by atoms with Crippen molar-refractivity contribution in [3.05, 3.63) is 16.1 Å². The number of ether oxygens (including phenoxy) is 1. The van der Waals surface area contributed by atoms with E-state index in [0.29, 0.717) is 13.0 Å². The summed E-state index contributed by atoms with van der Waals surface area (Å²) < 4.78 is 5.10. The van der Waals surface area contributed by atoms with Gasteiger partial charge < -0.3 is 10.1 Å². The highest BCUT2D eigenvalue weighted by Gasteiger charge is 2.16. The Balaban J connectivity index is 2.42. The van der Waals surface area contributed by atoms with Gasteiger partial charge in [0.25, 0.3) is 0 Å². The maximum atomic E-state index is 11.4. The fourth-order valence-corrected chi connectivity index (χ4v) is 1.96. The molecule has 0 atom stereocenters. The molecule has 18 heavy (non-hydrogen) atoms. The number of amides is 1. The largest absolute Gasteiger partial charge is 0.444 e. The molecule has 1 aromatic heterocycles. The fourth-order valence-electron chi connectivity index (χ4n) is 1.23. The lowest BCUT2D eigenvalue weighted by molar-refractivity contribution is -0.116. The Hall–Kier alpha value is -1.43. The number of nitrogens with one attached hydrogen (secondary N) is 1. The van der Waals surface area contributed by atoms with Crippen molar-refractivity contribution in [3.63, 3.8) is 0 Å². The first-order valence-corrected chi connectivity index (χ1v) is 6.54. The monoisotopic (exact) mass is 270 g/mol.